The van der Waals surface area contributed by atoms with Crippen molar-refractivity contribution in [3.63, 3.8) is 0 Å². The molecule has 156 valence electrons. The molecule has 1 aromatic carbocycles. The Morgan fingerprint density at radius 1 is 0.966 bits per heavy atom. The summed E-state index contributed by atoms with van der Waals surface area (Å²) in [5.74, 6) is -0.664. The van der Waals surface area contributed by atoms with Crippen LogP contribution in [0, 0.1) is 0 Å². The summed E-state index contributed by atoms with van der Waals surface area (Å²) in [5.41, 5.74) is 2.26. The van der Waals surface area contributed by atoms with E-state index in [1.54, 1.807) is 4.90 Å². The van der Waals surface area contributed by atoms with E-state index < -0.39 is 6.09 Å². The highest BCUT2D eigenvalue weighted by molar-refractivity contribution is 6.31. The van der Waals surface area contributed by atoms with Gasteiger partial charge in [-0.3, -0.25) is 4.90 Å². The summed E-state index contributed by atoms with van der Waals surface area (Å²) in [6.07, 6.45) is 1.85. The van der Waals surface area contributed by atoms with Crippen LogP contribution in [0.5, 0.6) is 11.8 Å². The highest BCUT2D eigenvalue weighted by atomic mass is 35.5. The van der Waals surface area contributed by atoms with Crippen LogP contribution in [0.25, 0.3) is 0 Å². The van der Waals surface area contributed by atoms with Crippen molar-refractivity contribution in [3.8, 4) is 11.8 Å². The van der Waals surface area contributed by atoms with Gasteiger partial charge in [0.05, 0.1) is 0 Å². The van der Waals surface area contributed by atoms with Gasteiger partial charge < -0.3 is 24.9 Å². The van der Waals surface area contributed by atoms with Gasteiger partial charge in [0.15, 0.2) is 0 Å². The lowest BCUT2D eigenvalue weighted by atomic mass is 10.1. The van der Waals surface area contributed by atoms with Gasteiger partial charge >= 0.3 is 6.09 Å². The van der Waals surface area contributed by atoms with Crippen LogP contribution in [-0.2, 0) is 6.54 Å². The zero-order valence-electron chi connectivity index (χ0n) is 16.1. The van der Waals surface area contributed by atoms with Crippen molar-refractivity contribution in [2.75, 3.05) is 44.2 Å². The van der Waals surface area contributed by atoms with E-state index in [9.17, 15) is 15.0 Å². The lowest BCUT2D eigenvalue weighted by Crippen LogP contribution is -2.50. The van der Waals surface area contributed by atoms with E-state index in [-0.39, 0.29) is 11.8 Å². The topological polar surface area (TPSA) is 81.4 Å². The molecule has 2 aromatic rings. The lowest BCUT2D eigenvalue weighted by Gasteiger charge is -2.34. The van der Waals surface area contributed by atoms with Gasteiger partial charge in [0.1, 0.15) is 0 Å². The first kappa shape index (κ1) is 19.7. The Balaban J connectivity index is 1.30. The standard InChI is InChI=1S/C20H25ClN4O4/c21-17-13-16(23-7-1-2-8-23)4-3-15(17)14-22-9-11-24(12-10-22)20(28)29-25-18(26)5-6-19(25)27/h3-6,13,26-27H,1-2,7-12,14H2. The number of carbonyl (C=O) groups excluding carboxylic acids is 1. The van der Waals surface area contributed by atoms with Crippen molar-refractivity contribution >= 4 is 23.4 Å². The van der Waals surface area contributed by atoms with Gasteiger partial charge in [-0.2, -0.15) is 0 Å². The molecule has 0 radical (unpaired) electrons. The molecule has 2 aliphatic rings. The number of carbonyl (C=O) groups is 1. The molecule has 2 N–H and O–H groups in total. The van der Waals surface area contributed by atoms with E-state index in [0.29, 0.717) is 30.9 Å². The Morgan fingerprint density at radius 2 is 1.62 bits per heavy atom. The number of anilines is 1. The lowest BCUT2D eigenvalue weighted by molar-refractivity contribution is 0.0555. The molecular weight excluding hydrogens is 396 g/mol. The summed E-state index contributed by atoms with van der Waals surface area (Å²) in [7, 11) is 0. The van der Waals surface area contributed by atoms with Crippen LogP contribution in [0.4, 0.5) is 10.5 Å². The molecule has 9 heteroatoms. The number of halogens is 1. The molecule has 2 saturated heterocycles. The van der Waals surface area contributed by atoms with E-state index in [4.69, 9.17) is 16.4 Å². The van der Waals surface area contributed by atoms with Gasteiger partial charge in [-0.1, -0.05) is 17.7 Å². The number of aromatic hydroxyl groups is 2. The molecule has 0 bridgehead atoms. The predicted molar refractivity (Wildman–Crippen MR) is 109 cm³/mol. The molecule has 3 heterocycles. The van der Waals surface area contributed by atoms with Crippen LogP contribution in [-0.4, -0.2) is 70.1 Å². The summed E-state index contributed by atoms with van der Waals surface area (Å²) < 4.78 is 0.705. The number of nitrogens with zero attached hydrogens (tertiary/aromatic N) is 4. The fourth-order valence-electron chi connectivity index (χ4n) is 3.80. The minimum absolute atomic E-state index is 0.332. The van der Waals surface area contributed by atoms with Crippen molar-refractivity contribution in [3.05, 3.63) is 40.9 Å². The smallest absolute Gasteiger partial charge is 0.434 e. The van der Waals surface area contributed by atoms with E-state index in [1.165, 1.54) is 30.7 Å². The Hall–Kier alpha value is -2.58. The average Bonchev–Trinajstić information content (AvgIpc) is 3.36. The molecule has 8 nitrogen and oxygen atoms in total. The van der Waals surface area contributed by atoms with Gasteiger partial charge in [0, 0.05) is 68.7 Å². The molecule has 0 unspecified atom stereocenters. The molecule has 0 saturated carbocycles. The molecule has 0 aliphatic carbocycles. The van der Waals surface area contributed by atoms with Crippen molar-refractivity contribution in [2.45, 2.75) is 19.4 Å². The molecule has 2 aliphatic heterocycles. The van der Waals surface area contributed by atoms with Crippen LogP contribution in [0.15, 0.2) is 30.3 Å². The first-order chi connectivity index (χ1) is 14.0. The minimum atomic E-state index is -0.612. The molecule has 1 amide bonds. The number of hydrogen-bond donors (Lipinski definition) is 2. The molecular formula is C20H25ClN4O4. The third kappa shape index (κ3) is 4.38. The molecule has 4 rings (SSSR count). The van der Waals surface area contributed by atoms with E-state index in [0.717, 1.165) is 30.2 Å². The number of amides is 1. The number of rotatable bonds is 4. The van der Waals surface area contributed by atoms with E-state index in [1.807, 2.05) is 6.07 Å². The fraction of sp³-hybridized carbons (Fsp3) is 0.450. The second-order valence-corrected chi connectivity index (χ2v) is 7.84. The Bertz CT molecular complexity index is 854. The SMILES string of the molecule is O=C(On1c(O)ccc1O)N1CCN(Cc2ccc(N3CCCC3)cc2Cl)CC1. The maximum absolute atomic E-state index is 12.3. The van der Waals surface area contributed by atoms with Gasteiger partial charge in [-0.15, -0.1) is 4.73 Å². The molecule has 29 heavy (non-hydrogen) atoms. The fourth-order valence-corrected chi connectivity index (χ4v) is 4.03. The highest BCUT2D eigenvalue weighted by Crippen LogP contribution is 2.27. The molecule has 2 fully saturated rings. The zero-order chi connectivity index (χ0) is 20.4. The van der Waals surface area contributed by atoms with Crippen molar-refractivity contribution in [2.24, 2.45) is 0 Å². The third-order valence-corrected chi connectivity index (χ3v) is 5.85. The highest BCUT2D eigenvalue weighted by Gasteiger charge is 2.25. The van der Waals surface area contributed by atoms with Crippen LogP contribution in [0.1, 0.15) is 18.4 Å². The van der Waals surface area contributed by atoms with Crippen LogP contribution >= 0.6 is 11.6 Å². The predicted octanol–water partition coefficient (Wildman–Crippen LogP) is 2.52. The first-order valence-electron chi connectivity index (χ1n) is 9.84. The van der Waals surface area contributed by atoms with Gasteiger partial charge in [-0.05, 0) is 30.5 Å². The second kappa shape index (κ2) is 8.42. The summed E-state index contributed by atoms with van der Waals surface area (Å²) in [6, 6.07) is 8.77. The maximum Gasteiger partial charge on any atom is 0.434 e. The molecule has 0 spiro atoms. The number of benzene rings is 1. The van der Waals surface area contributed by atoms with Crippen LogP contribution in [0.2, 0.25) is 5.02 Å². The van der Waals surface area contributed by atoms with Crippen LogP contribution < -0.4 is 9.74 Å². The second-order valence-electron chi connectivity index (χ2n) is 7.43. The first-order valence-corrected chi connectivity index (χ1v) is 10.2. The zero-order valence-corrected chi connectivity index (χ0v) is 16.9. The third-order valence-electron chi connectivity index (χ3n) is 5.50. The summed E-state index contributed by atoms with van der Waals surface area (Å²) in [6.45, 7) is 5.25. The Morgan fingerprint density at radius 3 is 2.24 bits per heavy atom. The van der Waals surface area contributed by atoms with E-state index in [2.05, 4.69) is 21.9 Å². The van der Waals surface area contributed by atoms with Gasteiger partial charge in [0.25, 0.3) is 0 Å². The number of piperazine rings is 1. The minimum Gasteiger partial charge on any atom is -0.492 e. The van der Waals surface area contributed by atoms with Crippen molar-refractivity contribution in [1.82, 2.24) is 14.5 Å². The summed E-state index contributed by atoms with van der Waals surface area (Å²) in [5, 5.41) is 19.9. The maximum atomic E-state index is 12.3. The van der Waals surface area contributed by atoms with Crippen molar-refractivity contribution < 1.29 is 19.8 Å². The summed E-state index contributed by atoms with van der Waals surface area (Å²) in [4.78, 5) is 23.5. The number of hydrogen-bond acceptors (Lipinski definition) is 6. The quantitative estimate of drug-likeness (QED) is 0.791. The van der Waals surface area contributed by atoms with E-state index >= 15 is 0 Å². The van der Waals surface area contributed by atoms with Gasteiger partial charge in [-0.25, -0.2) is 4.79 Å². The average molecular weight is 421 g/mol. The van der Waals surface area contributed by atoms with Gasteiger partial charge in [0.2, 0.25) is 11.8 Å². The number of aromatic nitrogens is 1. The molecule has 1 aromatic heterocycles. The largest absolute Gasteiger partial charge is 0.492 e. The van der Waals surface area contributed by atoms with Crippen LogP contribution in [0.3, 0.4) is 0 Å². The van der Waals surface area contributed by atoms with Crippen molar-refractivity contribution in [1.29, 1.82) is 0 Å². The monoisotopic (exact) mass is 420 g/mol. The molecule has 0 atom stereocenters. The Labute approximate surface area is 174 Å². The summed E-state index contributed by atoms with van der Waals surface area (Å²) >= 11 is 6.53. The normalized spacial score (nSPS) is 17.7. The Kier molecular flexibility index (Phi) is 5.73.